The summed E-state index contributed by atoms with van der Waals surface area (Å²) in [6, 6.07) is 15.0. The van der Waals surface area contributed by atoms with Crippen LogP contribution in [0.2, 0.25) is 0 Å². The highest BCUT2D eigenvalue weighted by Crippen LogP contribution is 2.23. The number of benzene rings is 2. The number of ether oxygens (including phenoxy) is 1. The number of nitrogens with one attached hydrogen (secondary N) is 2. The maximum absolute atomic E-state index is 12.6. The molecule has 0 aliphatic carbocycles. The third-order valence-corrected chi connectivity index (χ3v) is 4.61. The molecule has 4 rings (SSSR count). The molecule has 0 radical (unpaired) electrons. The normalized spacial score (nSPS) is 12.2. The van der Waals surface area contributed by atoms with Crippen molar-refractivity contribution < 1.29 is 9.53 Å². The lowest BCUT2D eigenvalue weighted by Gasteiger charge is -2.20. The van der Waals surface area contributed by atoms with Gasteiger partial charge in [-0.25, -0.2) is 4.98 Å². The molecule has 0 bridgehead atoms. The molecule has 1 atom stereocenters. The van der Waals surface area contributed by atoms with Gasteiger partial charge in [0.1, 0.15) is 24.2 Å². The lowest BCUT2D eigenvalue weighted by atomic mass is 10.0. The minimum absolute atomic E-state index is 0.109. The van der Waals surface area contributed by atoms with Crippen LogP contribution in [0.25, 0.3) is 16.7 Å². The number of rotatable bonds is 7. The fraction of sp³-hybridized carbons (Fsp3) is 0.238. The van der Waals surface area contributed by atoms with Gasteiger partial charge in [-0.05, 0) is 30.2 Å². The molecule has 0 saturated carbocycles. The Morgan fingerprint density at radius 3 is 2.59 bits per heavy atom. The number of hydrogen-bond donors (Lipinski definition) is 2. The number of fused-ring (bicyclic) bond motifs is 1. The molecule has 1 unspecified atom stereocenters. The maximum Gasteiger partial charge on any atom is 0.258 e. The summed E-state index contributed by atoms with van der Waals surface area (Å²) in [5, 5.41) is 10.7. The lowest BCUT2D eigenvalue weighted by Crippen LogP contribution is -2.35. The molecule has 8 nitrogen and oxygen atoms in total. The van der Waals surface area contributed by atoms with Crippen LogP contribution in [0.5, 0.6) is 5.75 Å². The smallest absolute Gasteiger partial charge is 0.258 e. The summed E-state index contributed by atoms with van der Waals surface area (Å²) < 4.78 is 7.51. The average molecular weight is 390 g/mol. The van der Waals surface area contributed by atoms with E-state index in [1.54, 1.807) is 17.2 Å². The number of carbonyl (C=O) groups is 1. The van der Waals surface area contributed by atoms with Crippen LogP contribution in [0, 0.1) is 5.92 Å². The molecule has 0 fully saturated rings. The maximum atomic E-state index is 12.6. The van der Waals surface area contributed by atoms with Crippen molar-refractivity contribution in [1.82, 2.24) is 30.0 Å². The number of amides is 1. The second kappa shape index (κ2) is 8.14. The van der Waals surface area contributed by atoms with E-state index in [1.165, 1.54) is 0 Å². The van der Waals surface area contributed by atoms with Crippen molar-refractivity contribution in [2.75, 3.05) is 6.61 Å². The van der Waals surface area contributed by atoms with Gasteiger partial charge in [0.15, 0.2) is 6.61 Å². The third-order valence-electron chi connectivity index (χ3n) is 4.61. The first-order valence-electron chi connectivity index (χ1n) is 9.42. The number of hydrogen-bond acceptors (Lipinski definition) is 5. The van der Waals surface area contributed by atoms with Crippen molar-refractivity contribution in [3.05, 3.63) is 67.0 Å². The topological polar surface area (TPSA) is 97.7 Å². The summed E-state index contributed by atoms with van der Waals surface area (Å²) in [7, 11) is 0. The molecule has 0 aliphatic heterocycles. The number of H-pyrrole nitrogens is 1. The number of para-hydroxylation sites is 4. The van der Waals surface area contributed by atoms with E-state index >= 15 is 0 Å². The van der Waals surface area contributed by atoms with Crippen molar-refractivity contribution in [2.45, 2.75) is 19.9 Å². The zero-order valence-electron chi connectivity index (χ0n) is 16.2. The summed E-state index contributed by atoms with van der Waals surface area (Å²) in [4.78, 5) is 20.5. The van der Waals surface area contributed by atoms with Crippen LogP contribution in [0.1, 0.15) is 25.7 Å². The van der Waals surface area contributed by atoms with Gasteiger partial charge in [-0.1, -0.05) is 38.1 Å². The van der Waals surface area contributed by atoms with Crippen LogP contribution in [0.4, 0.5) is 0 Å². The average Bonchev–Trinajstić information content (AvgIpc) is 3.40. The molecule has 8 heteroatoms. The van der Waals surface area contributed by atoms with Crippen LogP contribution in [0.15, 0.2) is 61.2 Å². The van der Waals surface area contributed by atoms with E-state index in [0.29, 0.717) is 5.75 Å². The number of aromatic amines is 1. The Labute approximate surface area is 167 Å². The molecule has 0 saturated heterocycles. The first-order valence-corrected chi connectivity index (χ1v) is 9.42. The van der Waals surface area contributed by atoms with E-state index in [-0.39, 0.29) is 24.5 Å². The van der Waals surface area contributed by atoms with Gasteiger partial charge < -0.3 is 15.0 Å². The second-order valence-corrected chi connectivity index (χ2v) is 7.05. The molecule has 1 amide bonds. The van der Waals surface area contributed by atoms with Gasteiger partial charge in [0.2, 0.25) is 0 Å². The van der Waals surface area contributed by atoms with Crippen molar-refractivity contribution >= 4 is 16.9 Å². The van der Waals surface area contributed by atoms with E-state index in [4.69, 9.17) is 4.74 Å². The molecule has 2 heterocycles. The quantitative estimate of drug-likeness (QED) is 0.505. The summed E-state index contributed by atoms with van der Waals surface area (Å²) >= 11 is 0. The van der Waals surface area contributed by atoms with E-state index in [2.05, 4.69) is 25.5 Å². The molecule has 148 valence electrons. The largest absolute Gasteiger partial charge is 0.482 e. The first-order chi connectivity index (χ1) is 14.1. The number of aromatic nitrogens is 5. The van der Waals surface area contributed by atoms with Crippen LogP contribution < -0.4 is 10.1 Å². The number of imidazole rings is 1. The lowest BCUT2D eigenvalue weighted by molar-refractivity contribution is -0.124. The molecule has 2 aromatic carbocycles. The zero-order chi connectivity index (χ0) is 20.2. The van der Waals surface area contributed by atoms with Crippen molar-refractivity contribution in [3.63, 3.8) is 0 Å². The van der Waals surface area contributed by atoms with Crippen molar-refractivity contribution in [1.29, 1.82) is 0 Å². The molecule has 0 aliphatic rings. The number of carbonyl (C=O) groups excluding carboxylic acids is 1. The molecular formula is C21H22N6O2. The molecule has 2 aromatic heterocycles. The fourth-order valence-electron chi connectivity index (χ4n) is 3.15. The van der Waals surface area contributed by atoms with Gasteiger partial charge in [0, 0.05) is 0 Å². The molecule has 0 spiro atoms. The highest BCUT2D eigenvalue weighted by atomic mass is 16.5. The van der Waals surface area contributed by atoms with Gasteiger partial charge in [0.05, 0.1) is 22.8 Å². The van der Waals surface area contributed by atoms with Crippen molar-refractivity contribution in [2.24, 2.45) is 5.92 Å². The van der Waals surface area contributed by atoms with Gasteiger partial charge in [-0.15, -0.1) is 10.2 Å². The Bertz CT molecular complexity index is 1070. The fourth-order valence-corrected chi connectivity index (χ4v) is 3.15. The second-order valence-electron chi connectivity index (χ2n) is 7.05. The van der Waals surface area contributed by atoms with E-state index in [9.17, 15) is 4.79 Å². The van der Waals surface area contributed by atoms with E-state index < -0.39 is 0 Å². The molecule has 2 N–H and O–H groups in total. The summed E-state index contributed by atoms with van der Waals surface area (Å²) in [5.74, 6) is 1.25. The monoisotopic (exact) mass is 390 g/mol. The Morgan fingerprint density at radius 1 is 1.10 bits per heavy atom. The third kappa shape index (κ3) is 4.11. The standard InChI is InChI=1S/C21H22N6O2/c1-14(2)20(21-24-15-7-3-4-8-16(15)25-21)26-19(28)11-29-18-10-6-5-9-17(18)27-12-22-23-13-27/h3-10,12-14,20H,11H2,1-2H3,(H,24,25)(H,26,28). The summed E-state index contributed by atoms with van der Waals surface area (Å²) in [5.41, 5.74) is 2.59. The van der Waals surface area contributed by atoms with Gasteiger partial charge >= 0.3 is 0 Å². The molecule has 29 heavy (non-hydrogen) atoms. The zero-order valence-corrected chi connectivity index (χ0v) is 16.2. The van der Waals surface area contributed by atoms with Gasteiger partial charge in [0.25, 0.3) is 5.91 Å². The SMILES string of the molecule is CC(C)C(NC(=O)COc1ccccc1-n1cnnc1)c1nc2ccccc2[nH]1. The van der Waals surface area contributed by atoms with Gasteiger partial charge in [-0.2, -0.15) is 0 Å². The first kappa shape index (κ1) is 18.7. The minimum Gasteiger partial charge on any atom is -0.482 e. The van der Waals surface area contributed by atoms with Crippen molar-refractivity contribution in [3.8, 4) is 11.4 Å². The number of nitrogens with zero attached hydrogens (tertiary/aromatic N) is 4. The Balaban J connectivity index is 1.46. The predicted molar refractivity (Wildman–Crippen MR) is 109 cm³/mol. The van der Waals surface area contributed by atoms with E-state index in [1.807, 2.05) is 62.4 Å². The van der Waals surface area contributed by atoms with E-state index in [0.717, 1.165) is 22.5 Å². The van der Waals surface area contributed by atoms with Crippen LogP contribution in [-0.4, -0.2) is 37.2 Å². The Hall–Kier alpha value is -3.68. The van der Waals surface area contributed by atoms with Crippen LogP contribution in [-0.2, 0) is 4.79 Å². The molecular weight excluding hydrogens is 368 g/mol. The predicted octanol–water partition coefficient (Wildman–Crippen LogP) is 3.04. The summed E-state index contributed by atoms with van der Waals surface area (Å²) in [6.45, 7) is 3.98. The summed E-state index contributed by atoms with van der Waals surface area (Å²) in [6.07, 6.45) is 3.16. The van der Waals surface area contributed by atoms with Gasteiger partial charge in [-0.3, -0.25) is 9.36 Å². The Morgan fingerprint density at radius 2 is 1.83 bits per heavy atom. The highest BCUT2D eigenvalue weighted by molar-refractivity contribution is 5.79. The van der Waals surface area contributed by atoms with Crippen LogP contribution in [0.3, 0.4) is 0 Å². The Kier molecular flexibility index (Phi) is 5.24. The molecule has 4 aromatic rings. The highest BCUT2D eigenvalue weighted by Gasteiger charge is 2.22. The van der Waals surface area contributed by atoms with Crippen LogP contribution >= 0.6 is 0 Å². The minimum atomic E-state index is -0.244.